The molecule has 0 bridgehead atoms. The average Bonchev–Trinajstić information content (AvgIpc) is 2.32. The van der Waals surface area contributed by atoms with Gasteiger partial charge in [-0.2, -0.15) is 0 Å². The van der Waals surface area contributed by atoms with Crippen LogP contribution in [0.3, 0.4) is 0 Å². The number of anilines is 1. The van der Waals surface area contributed by atoms with Gasteiger partial charge in [0.25, 0.3) is 5.91 Å². The van der Waals surface area contributed by atoms with E-state index >= 15 is 0 Å². The Labute approximate surface area is 103 Å². The number of unbranched alkanes of at least 4 members (excludes halogenated alkanes) is 3. The summed E-state index contributed by atoms with van der Waals surface area (Å²) in [6, 6.07) is 5.42. The number of benzene rings is 1. The lowest BCUT2D eigenvalue weighted by atomic mass is 10.1. The highest BCUT2D eigenvalue weighted by molar-refractivity contribution is 5.96. The predicted octanol–water partition coefficient (Wildman–Crippen LogP) is 2.89. The van der Waals surface area contributed by atoms with Gasteiger partial charge in [-0.25, -0.2) is 0 Å². The molecule has 0 saturated heterocycles. The Kier molecular flexibility index (Phi) is 5.53. The molecule has 1 aromatic rings. The zero-order valence-corrected chi connectivity index (χ0v) is 10.8. The Bertz CT molecular complexity index is 374. The standard InChI is InChI=1S/C14H22N2O/c1-3-4-5-6-9-16-14(17)13-10-12(15)8-7-11(13)2/h7-8,10H,3-6,9,15H2,1-2H3,(H,16,17). The fraction of sp³-hybridized carbons (Fsp3) is 0.500. The highest BCUT2D eigenvalue weighted by atomic mass is 16.1. The quantitative estimate of drug-likeness (QED) is 0.587. The van der Waals surface area contributed by atoms with Crippen LogP contribution in [-0.2, 0) is 0 Å². The summed E-state index contributed by atoms with van der Waals surface area (Å²) in [5.74, 6) is -0.0219. The molecule has 1 aromatic carbocycles. The zero-order valence-electron chi connectivity index (χ0n) is 10.8. The molecule has 0 aliphatic rings. The molecule has 0 unspecified atom stereocenters. The summed E-state index contributed by atoms with van der Waals surface area (Å²) in [5.41, 5.74) is 7.96. The molecule has 0 fully saturated rings. The smallest absolute Gasteiger partial charge is 0.251 e. The zero-order chi connectivity index (χ0) is 12.7. The van der Waals surface area contributed by atoms with Crippen molar-refractivity contribution >= 4 is 11.6 Å². The van der Waals surface area contributed by atoms with Gasteiger partial charge in [-0.1, -0.05) is 32.3 Å². The third-order valence-electron chi connectivity index (χ3n) is 2.82. The maximum Gasteiger partial charge on any atom is 0.251 e. The number of nitrogen functional groups attached to an aromatic ring is 1. The van der Waals surface area contributed by atoms with Crippen LogP contribution in [-0.4, -0.2) is 12.5 Å². The second-order valence-corrected chi connectivity index (χ2v) is 4.39. The van der Waals surface area contributed by atoms with Crippen LogP contribution in [0.4, 0.5) is 5.69 Å². The lowest BCUT2D eigenvalue weighted by molar-refractivity contribution is 0.0952. The molecule has 1 rings (SSSR count). The molecule has 0 radical (unpaired) electrons. The maximum absolute atomic E-state index is 11.9. The molecule has 0 aliphatic carbocycles. The Morgan fingerprint density at radius 3 is 2.76 bits per heavy atom. The van der Waals surface area contributed by atoms with Crippen molar-refractivity contribution in [2.24, 2.45) is 0 Å². The lowest BCUT2D eigenvalue weighted by Gasteiger charge is -2.08. The number of hydrogen-bond donors (Lipinski definition) is 2. The van der Waals surface area contributed by atoms with Crippen LogP contribution in [0.5, 0.6) is 0 Å². The lowest BCUT2D eigenvalue weighted by Crippen LogP contribution is -2.25. The van der Waals surface area contributed by atoms with Crippen LogP contribution < -0.4 is 11.1 Å². The maximum atomic E-state index is 11.9. The molecule has 0 atom stereocenters. The summed E-state index contributed by atoms with van der Waals surface area (Å²) in [5, 5.41) is 2.93. The van der Waals surface area contributed by atoms with E-state index in [0.717, 1.165) is 18.5 Å². The normalized spacial score (nSPS) is 10.2. The topological polar surface area (TPSA) is 55.1 Å². The molecule has 0 aromatic heterocycles. The second kappa shape index (κ2) is 6.94. The van der Waals surface area contributed by atoms with E-state index in [-0.39, 0.29) is 5.91 Å². The van der Waals surface area contributed by atoms with Crippen LogP contribution >= 0.6 is 0 Å². The van der Waals surface area contributed by atoms with Crippen molar-refractivity contribution in [1.82, 2.24) is 5.32 Å². The van der Waals surface area contributed by atoms with Gasteiger partial charge in [0.2, 0.25) is 0 Å². The van der Waals surface area contributed by atoms with Crippen molar-refractivity contribution in [2.75, 3.05) is 12.3 Å². The number of hydrogen-bond acceptors (Lipinski definition) is 2. The number of aryl methyl sites for hydroxylation is 1. The van der Waals surface area contributed by atoms with Gasteiger partial charge < -0.3 is 11.1 Å². The van der Waals surface area contributed by atoms with Crippen LogP contribution in [0, 0.1) is 6.92 Å². The van der Waals surface area contributed by atoms with Crippen molar-refractivity contribution in [3.05, 3.63) is 29.3 Å². The Morgan fingerprint density at radius 1 is 1.29 bits per heavy atom. The van der Waals surface area contributed by atoms with E-state index in [0.29, 0.717) is 11.3 Å². The van der Waals surface area contributed by atoms with E-state index in [1.165, 1.54) is 19.3 Å². The predicted molar refractivity (Wildman–Crippen MR) is 72.1 cm³/mol. The fourth-order valence-electron chi connectivity index (χ4n) is 1.73. The molecule has 3 heteroatoms. The molecule has 3 N–H and O–H groups in total. The van der Waals surface area contributed by atoms with Crippen molar-refractivity contribution in [3.8, 4) is 0 Å². The molecule has 17 heavy (non-hydrogen) atoms. The first kappa shape index (κ1) is 13.6. The minimum atomic E-state index is -0.0219. The van der Waals surface area contributed by atoms with E-state index in [9.17, 15) is 4.79 Å². The van der Waals surface area contributed by atoms with Crippen LogP contribution in [0.25, 0.3) is 0 Å². The van der Waals surface area contributed by atoms with Gasteiger partial charge in [0, 0.05) is 17.8 Å². The number of rotatable bonds is 6. The van der Waals surface area contributed by atoms with Gasteiger partial charge in [-0.05, 0) is 31.0 Å². The van der Waals surface area contributed by atoms with Crippen molar-refractivity contribution < 1.29 is 4.79 Å². The number of amides is 1. The highest BCUT2D eigenvalue weighted by Gasteiger charge is 2.08. The third kappa shape index (κ3) is 4.47. The first-order valence-electron chi connectivity index (χ1n) is 6.29. The minimum absolute atomic E-state index is 0.0219. The van der Waals surface area contributed by atoms with E-state index in [1.807, 2.05) is 19.1 Å². The van der Waals surface area contributed by atoms with Gasteiger partial charge in [-0.3, -0.25) is 4.79 Å². The van der Waals surface area contributed by atoms with Gasteiger partial charge >= 0.3 is 0 Å². The number of nitrogens with two attached hydrogens (primary N) is 1. The van der Waals surface area contributed by atoms with E-state index < -0.39 is 0 Å². The Hall–Kier alpha value is -1.51. The molecule has 94 valence electrons. The molecule has 0 aliphatic heterocycles. The van der Waals surface area contributed by atoms with Crippen LogP contribution in [0.1, 0.15) is 48.5 Å². The SMILES string of the molecule is CCCCCCNC(=O)c1cc(N)ccc1C. The first-order valence-corrected chi connectivity index (χ1v) is 6.29. The van der Waals surface area contributed by atoms with E-state index in [2.05, 4.69) is 12.2 Å². The van der Waals surface area contributed by atoms with Crippen molar-refractivity contribution in [1.29, 1.82) is 0 Å². The molecule has 0 heterocycles. The van der Waals surface area contributed by atoms with Gasteiger partial charge in [0.1, 0.15) is 0 Å². The fourth-order valence-corrected chi connectivity index (χ4v) is 1.73. The minimum Gasteiger partial charge on any atom is -0.399 e. The molecule has 3 nitrogen and oxygen atoms in total. The monoisotopic (exact) mass is 234 g/mol. The molecular weight excluding hydrogens is 212 g/mol. The number of nitrogens with one attached hydrogen (secondary N) is 1. The summed E-state index contributed by atoms with van der Waals surface area (Å²) in [6.07, 6.45) is 4.66. The average molecular weight is 234 g/mol. The van der Waals surface area contributed by atoms with E-state index in [4.69, 9.17) is 5.73 Å². The van der Waals surface area contributed by atoms with Crippen LogP contribution in [0.15, 0.2) is 18.2 Å². The van der Waals surface area contributed by atoms with Crippen LogP contribution in [0.2, 0.25) is 0 Å². The summed E-state index contributed by atoms with van der Waals surface area (Å²) in [6.45, 7) is 4.84. The Morgan fingerprint density at radius 2 is 2.06 bits per heavy atom. The van der Waals surface area contributed by atoms with Gasteiger partial charge in [-0.15, -0.1) is 0 Å². The first-order chi connectivity index (χ1) is 8.15. The highest BCUT2D eigenvalue weighted by Crippen LogP contribution is 2.12. The summed E-state index contributed by atoms with van der Waals surface area (Å²) >= 11 is 0. The number of carbonyl (C=O) groups is 1. The molecule has 1 amide bonds. The molecular formula is C14H22N2O. The third-order valence-corrected chi connectivity index (χ3v) is 2.82. The largest absolute Gasteiger partial charge is 0.399 e. The van der Waals surface area contributed by atoms with Gasteiger partial charge in [0.15, 0.2) is 0 Å². The molecule has 0 spiro atoms. The second-order valence-electron chi connectivity index (χ2n) is 4.39. The summed E-state index contributed by atoms with van der Waals surface area (Å²) < 4.78 is 0. The summed E-state index contributed by atoms with van der Waals surface area (Å²) in [4.78, 5) is 11.9. The van der Waals surface area contributed by atoms with Gasteiger partial charge in [0.05, 0.1) is 0 Å². The van der Waals surface area contributed by atoms with E-state index in [1.54, 1.807) is 6.07 Å². The van der Waals surface area contributed by atoms with Crippen molar-refractivity contribution in [3.63, 3.8) is 0 Å². The van der Waals surface area contributed by atoms with Crippen molar-refractivity contribution in [2.45, 2.75) is 39.5 Å². The summed E-state index contributed by atoms with van der Waals surface area (Å²) in [7, 11) is 0. The Balaban J connectivity index is 2.44. The number of carbonyl (C=O) groups excluding carboxylic acids is 1. The molecule has 0 saturated carbocycles.